The van der Waals surface area contributed by atoms with Crippen LogP contribution in [0.5, 0.6) is 0 Å². The predicted molar refractivity (Wildman–Crippen MR) is 66.4 cm³/mol. The first-order valence-corrected chi connectivity index (χ1v) is 5.68. The van der Waals surface area contributed by atoms with Crippen LogP contribution in [0.4, 0.5) is 0 Å². The van der Waals surface area contributed by atoms with Gasteiger partial charge in [-0.05, 0) is 12.8 Å². The fourth-order valence-electron chi connectivity index (χ4n) is 1.12. The topological polar surface area (TPSA) is 169 Å². The molecule has 0 bridgehead atoms. The van der Waals surface area contributed by atoms with Gasteiger partial charge in [-0.2, -0.15) is 0 Å². The van der Waals surface area contributed by atoms with E-state index in [2.05, 4.69) is 9.83 Å². The van der Waals surface area contributed by atoms with E-state index in [0.717, 1.165) is 0 Å². The summed E-state index contributed by atoms with van der Waals surface area (Å²) in [6, 6.07) is -0.759. The third kappa shape index (κ3) is 10.8. The lowest BCUT2D eigenvalue weighted by molar-refractivity contribution is -0.757. The van der Waals surface area contributed by atoms with Crippen molar-refractivity contribution in [2.45, 2.75) is 25.3 Å². The van der Waals surface area contributed by atoms with Gasteiger partial charge in [-0.25, -0.2) is 0 Å². The molecule has 0 aliphatic rings. The zero-order valence-corrected chi connectivity index (χ0v) is 10.5. The molecule has 0 radical (unpaired) electrons. The molecule has 0 aliphatic carbocycles. The number of nitrogens with two attached hydrogens (primary N) is 3. The Labute approximate surface area is 110 Å². The summed E-state index contributed by atoms with van der Waals surface area (Å²) in [6.45, 7) is 0.286. The van der Waals surface area contributed by atoms with E-state index in [9.17, 15) is 14.9 Å². The largest absolute Gasteiger partial charge is 0.464 e. The number of carbonyl (C=O) groups is 1. The number of nitrogens with zero attached hydrogens (tertiary/aromatic N) is 2. The summed E-state index contributed by atoms with van der Waals surface area (Å²) in [5.41, 5.74) is 15.8. The fraction of sp³-hybridized carbons (Fsp3) is 0.778. The van der Waals surface area contributed by atoms with Gasteiger partial charge in [0, 0.05) is 13.0 Å². The second-order valence-electron chi connectivity index (χ2n) is 3.63. The minimum atomic E-state index is -0.906. The number of esters is 1. The van der Waals surface area contributed by atoms with Crippen LogP contribution in [0.15, 0.2) is 4.99 Å². The number of guanidine groups is 1. The van der Waals surface area contributed by atoms with E-state index in [1.807, 2.05) is 0 Å². The number of ether oxygens (including phenoxy) is 1. The van der Waals surface area contributed by atoms with Gasteiger partial charge in [0.1, 0.15) is 6.04 Å². The summed E-state index contributed by atoms with van der Waals surface area (Å²) in [5, 5.41) is 8.92. The van der Waals surface area contributed by atoms with Gasteiger partial charge in [0.25, 0.3) is 5.09 Å². The highest BCUT2D eigenvalue weighted by atomic mass is 16.9. The van der Waals surface area contributed by atoms with Crippen molar-refractivity contribution < 1.29 is 19.5 Å². The average molecular weight is 277 g/mol. The molecular formula is C9H19N5O5. The fourth-order valence-corrected chi connectivity index (χ4v) is 1.12. The maximum atomic E-state index is 11.4. The van der Waals surface area contributed by atoms with E-state index < -0.39 is 17.1 Å². The first-order valence-electron chi connectivity index (χ1n) is 5.68. The molecule has 0 spiro atoms. The lowest BCUT2D eigenvalue weighted by Gasteiger charge is -2.10. The second kappa shape index (κ2) is 9.88. The van der Waals surface area contributed by atoms with Crippen molar-refractivity contribution in [2.24, 2.45) is 22.2 Å². The van der Waals surface area contributed by atoms with Crippen LogP contribution >= 0.6 is 0 Å². The lowest BCUT2D eigenvalue weighted by Crippen LogP contribution is -2.33. The Morgan fingerprint density at radius 1 is 1.32 bits per heavy atom. The van der Waals surface area contributed by atoms with Crippen molar-refractivity contribution in [2.75, 3.05) is 19.8 Å². The van der Waals surface area contributed by atoms with Gasteiger partial charge in [-0.15, -0.1) is 10.1 Å². The molecule has 0 saturated heterocycles. The molecule has 0 saturated carbocycles. The van der Waals surface area contributed by atoms with E-state index in [1.165, 1.54) is 0 Å². The molecular weight excluding hydrogens is 258 g/mol. The Kier molecular flexibility index (Phi) is 8.79. The first kappa shape index (κ1) is 16.9. The third-order valence-electron chi connectivity index (χ3n) is 2.00. The molecule has 0 aromatic rings. The Balaban J connectivity index is 3.59. The number of hydrogen-bond acceptors (Lipinski definition) is 7. The van der Waals surface area contributed by atoms with Gasteiger partial charge in [-0.3, -0.25) is 9.79 Å². The molecule has 1 atom stereocenters. The van der Waals surface area contributed by atoms with Crippen LogP contribution in [0.1, 0.15) is 19.3 Å². The highest BCUT2D eigenvalue weighted by Gasteiger charge is 2.14. The van der Waals surface area contributed by atoms with E-state index >= 15 is 0 Å². The van der Waals surface area contributed by atoms with Crippen LogP contribution in [0.3, 0.4) is 0 Å². The second-order valence-corrected chi connectivity index (χ2v) is 3.63. The summed E-state index contributed by atoms with van der Waals surface area (Å²) < 4.78 is 4.81. The normalized spacial score (nSPS) is 11.4. The van der Waals surface area contributed by atoms with Crippen molar-refractivity contribution in [3.63, 3.8) is 0 Å². The molecule has 0 aromatic carbocycles. The first-order chi connectivity index (χ1) is 8.93. The lowest BCUT2D eigenvalue weighted by atomic mass is 10.2. The zero-order chi connectivity index (χ0) is 14.7. The molecule has 0 amide bonds. The van der Waals surface area contributed by atoms with Gasteiger partial charge in [0.2, 0.25) is 0 Å². The minimum Gasteiger partial charge on any atom is -0.464 e. The summed E-state index contributed by atoms with van der Waals surface area (Å²) in [5.74, 6) is -0.576. The van der Waals surface area contributed by atoms with Crippen molar-refractivity contribution in [1.82, 2.24) is 0 Å². The van der Waals surface area contributed by atoms with Gasteiger partial charge in [-0.1, -0.05) is 0 Å². The van der Waals surface area contributed by atoms with Crippen LogP contribution in [-0.2, 0) is 14.4 Å². The standard InChI is InChI=1S/C9H19N5O5/c10-7(3-1-4-13-9(11)12)8(15)18-5-2-6-19-14(16)17/h7H,1-6,10H2,(H4,11,12,13). The molecule has 110 valence electrons. The predicted octanol–water partition coefficient (Wildman–Crippen LogP) is -1.49. The molecule has 0 aromatic heterocycles. The highest BCUT2D eigenvalue weighted by molar-refractivity contribution is 5.76. The Morgan fingerprint density at radius 3 is 2.58 bits per heavy atom. The van der Waals surface area contributed by atoms with E-state index in [-0.39, 0.29) is 25.6 Å². The van der Waals surface area contributed by atoms with Gasteiger partial charge in [0.15, 0.2) is 5.96 Å². The van der Waals surface area contributed by atoms with Crippen LogP contribution in [-0.4, -0.2) is 42.8 Å². The Morgan fingerprint density at radius 2 is 2.00 bits per heavy atom. The molecule has 0 heterocycles. The third-order valence-corrected chi connectivity index (χ3v) is 2.00. The molecule has 10 nitrogen and oxygen atoms in total. The van der Waals surface area contributed by atoms with Gasteiger partial charge >= 0.3 is 5.97 Å². The smallest absolute Gasteiger partial charge is 0.322 e. The van der Waals surface area contributed by atoms with Crippen molar-refractivity contribution in [3.8, 4) is 0 Å². The summed E-state index contributed by atoms with van der Waals surface area (Å²) in [6.07, 6.45) is 1.17. The van der Waals surface area contributed by atoms with Gasteiger partial charge < -0.3 is 26.8 Å². The van der Waals surface area contributed by atoms with Crippen molar-refractivity contribution >= 4 is 11.9 Å². The van der Waals surface area contributed by atoms with Crippen LogP contribution in [0, 0.1) is 10.1 Å². The van der Waals surface area contributed by atoms with E-state index in [4.69, 9.17) is 21.9 Å². The maximum Gasteiger partial charge on any atom is 0.322 e. The zero-order valence-electron chi connectivity index (χ0n) is 10.5. The highest BCUT2D eigenvalue weighted by Crippen LogP contribution is 1.98. The molecule has 6 N–H and O–H groups in total. The van der Waals surface area contributed by atoms with E-state index in [1.54, 1.807) is 0 Å². The molecule has 0 fully saturated rings. The Bertz CT molecular complexity index is 318. The molecule has 19 heavy (non-hydrogen) atoms. The van der Waals surface area contributed by atoms with Crippen LogP contribution in [0.25, 0.3) is 0 Å². The van der Waals surface area contributed by atoms with Crippen molar-refractivity contribution in [1.29, 1.82) is 0 Å². The van der Waals surface area contributed by atoms with Crippen LogP contribution < -0.4 is 17.2 Å². The monoisotopic (exact) mass is 277 g/mol. The molecule has 0 rings (SSSR count). The SMILES string of the molecule is NC(N)=NCCCC(N)C(=O)OCCCO[N+](=O)[O-]. The average Bonchev–Trinajstić information content (AvgIpc) is 2.33. The maximum absolute atomic E-state index is 11.4. The number of hydrogen-bond donors (Lipinski definition) is 3. The summed E-state index contributed by atoms with van der Waals surface area (Å²) >= 11 is 0. The molecule has 1 unspecified atom stereocenters. The summed E-state index contributed by atoms with van der Waals surface area (Å²) in [4.78, 5) is 29.0. The number of rotatable bonds is 10. The van der Waals surface area contributed by atoms with Crippen molar-refractivity contribution in [3.05, 3.63) is 10.1 Å². The minimum absolute atomic E-state index is 0.0121. The molecule has 10 heteroatoms. The number of aliphatic imine (C=N–C) groups is 1. The number of carbonyl (C=O) groups excluding carboxylic acids is 1. The quantitative estimate of drug-likeness (QED) is 0.108. The summed E-state index contributed by atoms with van der Waals surface area (Å²) in [7, 11) is 0. The van der Waals surface area contributed by atoms with Crippen LogP contribution in [0.2, 0.25) is 0 Å². The van der Waals surface area contributed by atoms with Gasteiger partial charge in [0.05, 0.1) is 13.2 Å². The Hall–Kier alpha value is -2.10. The van der Waals surface area contributed by atoms with E-state index in [0.29, 0.717) is 19.4 Å². The molecule has 0 aliphatic heterocycles.